The number of ether oxygens (including phenoxy) is 1. The van der Waals surface area contributed by atoms with Crippen LogP contribution in [-0.2, 0) is 11.2 Å². The predicted octanol–water partition coefficient (Wildman–Crippen LogP) is 2.29. The molecule has 0 aromatic heterocycles. The molecular formula is C14H15NOS. The first kappa shape index (κ1) is 10.9. The summed E-state index contributed by atoms with van der Waals surface area (Å²) in [5, 5.41) is 0. The van der Waals surface area contributed by atoms with Crippen molar-refractivity contribution in [1.82, 2.24) is 4.90 Å². The molecule has 0 saturated carbocycles. The highest BCUT2D eigenvalue weighted by molar-refractivity contribution is 7.80. The van der Waals surface area contributed by atoms with Gasteiger partial charge >= 0.3 is 0 Å². The molecule has 1 heterocycles. The minimum absolute atomic E-state index is 0.807. The number of morpholine rings is 1. The lowest BCUT2D eigenvalue weighted by atomic mass is 9.94. The van der Waals surface area contributed by atoms with E-state index in [0.29, 0.717) is 0 Å². The molecule has 1 saturated heterocycles. The Hall–Kier alpha value is -1.19. The van der Waals surface area contributed by atoms with E-state index >= 15 is 0 Å². The lowest BCUT2D eigenvalue weighted by molar-refractivity contribution is 0.0569. The number of fused-ring (bicyclic) bond motifs is 1. The predicted molar refractivity (Wildman–Crippen MR) is 73.1 cm³/mol. The normalized spacial score (nSPS) is 19.9. The van der Waals surface area contributed by atoms with Gasteiger partial charge in [-0.25, -0.2) is 0 Å². The van der Waals surface area contributed by atoms with Crippen LogP contribution in [0.25, 0.3) is 6.08 Å². The molecule has 3 heteroatoms. The third kappa shape index (κ3) is 2.13. The monoisotopic (exact) mass is 245 g/mol. The van der Waals surface area contributed by atoms with Crippen molar-refractivity contribution in [3.8, 4) is 0 Å². The summed E-state index contributed by atoms with van der Waals surface area (Å²) >= 11 is 5.53. The van der Waals surface area contributed by atoms with E-state index in [1.165, 1.54) is 16.8 Å². The Morgan fingerprint density at radius 1 is 1.12 bits per heavy atom. The number of thiocarbonyl (C=S) groups is 1. The summed E-state index contributed by atoms with van der Waals surface area (Å²) < 4.78 is 5.38. The minimum atomic E-state index is 0.807. The average molecular weight is 245 g/mol. The van der Waals surface area contributed by atoms with Crippen molar-refractivity contribution in [3.63, 3.8) is 0 Å². The van der Waals surface area contributed by atoms with Gasteiger partial charge in [-0.1, -0.05) is 36.5 Å². The summed E-state index contributed by atoms with van der Waals surface area (Å²) in [5.74, 6) is 0. The molecule has 2 aliphatic rings. The Morgan fingerprint density at radius 2 is 1.88 bits per heavy atom. The van der Waals surface area contributed by atoms with Crippen molar-refractivity contribution in [2.24, 2.45) is 0 Å². The first-order valence-corrected chi connectivity index (χ1v) is 6.41. The lowest BCUT2D eigenvalue weighted by Gasteiger charge is -2.33. The average Bonchev–Trinajstić information content (AvgIpc) is 2.39. The van der Waals surface area contributed by atoms with Gasteiger partial charge in [0.2, 0.25) is 0 Å². The summed E-state index contributed by atoms with van der Waals surface area (Å²) in [6.45, 7) is 3.52. The summed E-state index contributed by atoms with van der Waals surface area (Å²) in [5.41, 5.74) is 3.87. The van der Waals surface area contributed by atoms with E-state index in [9.17, 15) is 0 Å². The topological polar surface area (TPSA) is 12.5 Å². The van der Waals surface area contributed by atoms with Crippen LogP contribution in [0.5, 0.6) is 0 Å². The van der Waals surface area contributed by atoms with Gasteiger partial charge in [0.15, 0.2) is 0 Å². The Kier molecular flexibility index (Phi) is 2.95. The number of benzene rings is 1. The second-order valence-electron chi connectivity index (χ2n) is 4.43. The molecule has 2 nitrogen and oxygen atoms in total. The summed E-state index contributed by atoms with van der Waals surface area (Å²) in [6.07, 6.45) is 3.13. The van der Waals surface area contributed by atoms with Crippen molar-refractivity contribution in [2.75, 3.05) is 26.3 Å². The van der Waals surface area contributed by atoms with Gasteiger partial charge in [-0.2, -0.15) is 0 Å². The zero-order valence-corrected chi connectivity index (χ0v) is 10.5. The first-order chi connectivity index (χ1) is 8.34. The maximum absolute atomic E-state index is 5.53. The van der Waals surface area contributed by atoms with E-state index < -0.39 is 0 Å². The van der Waals surface area contributed by atoms with Crippen molar-refractivity contribution in [2.45, 2.75) is 6.42 Å². The van der Waals surface area contributed by atoms with Crippen LogP contribution >= 0.6 is 12.2 Å². The number of allylic oxidation sites excluding steroid dienone is 1. The van der Waals surface area contributed by atoms with Crippen LogP contribution in [0.15, 0.2) is 30.0 Å². The van der Waals surface area contributed by atoms with Gasteiger partial charge < -0.3 is 9.64 Å². The number of nitrogens with zero attached hydrogens (tertiary/aromatic N) is 1. The molecule has 88 valence electrons. The molecule has 1 aliphatic heterocycles. The van der Waals surface area contributed by atoms with Crippen LogP contribution < -0.4 is 0 Å². The van der Waals surface area contributed by atoms with Crippen LogP contribution in [0.1, 0.15) is 11.1 Å². The molecule has 0 amide bonds. The van der Waals surface area contributed by atoms with Gasteiger partial charge in [0, 0.05) is 24.4 Å². The molecule has 0 radical (unpaired) electrons. The van der Waals surface area contributed by atoms with Crippen LogP contribution in [0.4, 0.5) is 0 Å². The molecular weight excluding hydrogens is 230 g/mol. The molecule has 1 fully saturated rings. The fourth-order valence-electron chi connectivity index (χ4n) is 2.40. The van der Waals surface area contributed by atoms with E-state index in [0.717, 1.165) is 37.6 Å². The Bertz CT molecular complexity index is 475. The smallest absolute Gasteiger partial charge is 0.0642 e. The maximum atomic E-state index is 5.53. The van der Waals surface area contributed by atoms with Gasteiger partial charge in [-0.05, 0) is 17.2 Å². The summed E-state index contributed by atoms with van der Waals surface area (Å²) in [6, 6.07) is 8.49. The minimum Gasteiger partial charge on any atom is -0.378 e. The standard InChI is InChI=1S/C14H15NOS/c17-14-10-12-4-2-1-3-11(12)9-13(14)15-5-7-16-8-6-15/h1-4,9H,5-8,10H2. The second kappa shape index (κ2) is 4.59. The molecule has 0 atom stereocenters. The van der Waals surface area contributed by atoms with Crippen LogP contribution in [0.3, 0.4) is 0 Å². The zero-order valence-electron chi connectivity index (χ0n) is 9.69. The third-order valence-electron chi connectivity index (χ3n) is 3.34. The quantitative estimate of drug-likeness (QED) is 0.704. The van der Waals surface area contributed by atoms with Gasteiger partial charge in [0.25, 0.3) is 0 Å². The van der Waals surface area contributed by atoms with Gasteiger partial charge in [-0.15, -0.1) is 0 Å². The Labute approximate surface area is 107 Å². The summed E-state index contributed by atoms with van der Waals surface area (Å²) in [4.78, 5) is 3.41. The van der Waals surface area contributed by atoms with Crippen LogP contribution in [0.2, 0.25) is 0 Å². The number of rotatable bonds is 1. The van der Waals surface area contributed by atoms with E-state index in [-0.39, 0.29) is 0 Å². The molecule has 1 aromatic rings. The fraction of sp³-hybridized carbons (Fsp3) is 0.357. The second-order valence-corrected chi connectivity index (χ2v) is 4.92. The Balaban J connectivity index is 1.94. The van der Waals surface area contributed by atoms with Gasteiger partial charge in [0.05, 0.1) is 18.9 Å². The van der Waals surface area contributed by atoms with Gasteiger partial charge in [-0.3, -0.25) is 0 Å². The molecule has 0 N–H and O–H groups in total. The SMILES string of the molecule is S=C1Cc2ccccc2C=C1N1CCOCC1. The van der Waals surface area contributed by atoms with E-state index in [1.807, 2.05) is 0 Å². The van der Waals surface area contributed by atoms with Gasteiger partial charge in [0.1, 0.15) is 0 Å². The van der Waals surface area contributed by atoms with Crippen molar-refractivity contribution >= 4 is 23.2 Å². The highest BCUT2D eigenvalue weighted by Crippen LogP contribution is 2.25. The van der Waals surface area contributed by atoms with Crippen molar-refractivity contribution in [1.29, 1.82) is 0 Å². The maximum Gasteiger partial charge on any atom is 0.0642 e. The van der Waals surface area contributed by atoms with Crippen LogP contribution in [-0.4, -0.2) is 36.1 Å². The van der Waals surface area contributed by atoms with Crippen LogP contribution in [0, 0.1) is 0 Å². The van der Waals surface area contributed by atoms with E-state index in [2.05, 4.69) is 35.2 Å². The number of hydrogen-bond acceptors (Lipinski definition) is 3. The molecule has 17 heavy (non-hydrogen) atoms. The summed E-state index contributed by atoms with van der Waals surface area (Å²) in [7, 11) is 0. The first-order valence-electron chi connectivity index (χ1n) is 6.00. The van der Waals surface area contributed by atoms with Crippen molar-refractivity contribution in [3.05, 3.63) is 41.1 Å². The van der Waals surface area contributed by atoms with E-state index in [4.69, 9.17) is 17.0 Å². The zero-order chi connectivity index (χ0) is 11.7. The largest absolute Gasteiger partial charge is 0.378 e. The third-order valence-corrected chi connectivity index (χ3v) is 3.69. The van der Waals surface area contributed by atoms with Crippen molar-refractivity contribution < 1.29 is 4.74 Å². The molecule has 3 rings (SSSR count). The Morgan fingerprint density at radius 3 is 2.71 bits per heavy atom. The number of hydrogen-bond donors (Lipinski definition) is 0. The fourth-order valence-corrected chi connectivity index (χ4v) is 2.74. The van der Waals surface area contributed by atoms with E-state index in [1.54, 1.807) is 0 Å². The molecule has 0 spiro atoms. The highest BCUT2D eigenvalue weighted by Gasteiger charge is 2.21. The highest BCUT2D eigenvalue weighted by atomic mass is 32.1. The lowest BCUT2D eigenvalue weighted by Crippen LogP contribution is -2.38. The molecule has 0 unspecified atom stereocenters. The molecule has 0 bridgehead atoms. The molecule has 1 aromatic carbocycles. The molecule has 1 aliphatic carbocycles.